The molecule has 1 aromatic carbocycles. The zero-order valence-electron chi connectivity index (χ0n) is 13.3. The molecule has 2 heterocycles. The number of hydrogen-bond acceptors (Lipinski definition) is 9. The van der Waals surface area contributed by atoms with Gasteiger partial charge in [-0.3, -0.25) is 4.79 Å². The fraction of sp³-hybridized carbons (Fsp3) is 0.143. The van der Waals surface area contributed by atoms with Crippen molar-refractivity contribution in [2.75, 3.05) is 5.73 Å². The van der Waals surface area contributed by atoms with Crippen LogP contribution in [0.2, 0.25) is 0 Å². The normalized spacial score (nSPS) is 11.5. The van der Waals surface area contributed by atoms with Crippen LogP contribution < -0.4 is 11.2 Å². The highest BCUT2D eigenvalue weighted by Crippen LogP contribution is 2.15. The number of carbonyl (C=O) groups is 1. The van der Waals surface area contributed by atoms with Gasteiger partial charge in [-0.1, -0.05) is 5.21 Å². The SMILES string of the molecule is CC(=NNC(=O)c1c(C)nnn1-c1nonc1N)c1ccc(O)cc1. The van der Waals surface area contributed by atoms with Crippen molar-refractivity contribution in [3.05, 3.63) is 41.2 Å². The van der Waals surface area contributed by atoms with E-state index >= 15 is 0 Å². The van der Waals surface area contributed by atoms with Crippen LogP contribution in [0.1, 0.15) is 28.7 Å². The molecule has 0 aliphatic heterocycles. The topological polar surface area (TPSA) is 157 Å². The zero-order valence-corrected chi connectivity index (χ0v) is 13.3. The molecule has 0 aliphatic carbocycles. The first-order chi connectivity index (χ1) is 12.0. The maximum atomic E-state index is 12.5. The van der Waals surface area contributed by atoms with E-state index in [9.17, 15) is 9.90 Å². The number of nitrogen functional groups attached to an aromatic ring is 1. The third kappa shape index (κ3) is 3.15. The minimum Gasteiger partial charge on any atom is -0.508 e. The van der Waals surface area contributed by atoms with Crippen molar-refractivity contribution in [3.63, 3.8) is 0 Å². The van der Waals surface area contributed by atoms with Gasteiger partial charge in [0.1, 0.15) is 5.75 Å². The first-order valence-electron chi connectivity index (χ1n) is 7.12. The van der Waals surface area contributed by atoms with Crippen molar-refractivity contribution in [1.82, 2.24) is 30.7 Å². The second-order valence-corrected chi connectivity index (χ2v) is 5.09. The first kappa shape index (κ1) is 16.1. The van der Waals surface area contributed by atoms with Crippen LogP contribution >= 0.6 is 0 Å². The minimum atomic E-state index is -0.553. The molecular formula is C14H14N8O3. The highest BCUT2D eigenvalue weighted by molar-refractivity contribution is 6.00. The summed E-state index contributed by atoms with van der Waals surface area (Å²) in [4.78, 5) is 12.5. The summed E-state index contributed by atoms with van der Waals surface area (Å²) in [5.74, 6) is -0.374. The quantitative estimate of drug-likeness (QED) is 0.454. The van der Waals surface area contributed by atoms with Crippen LogP contribution in [0.3, 0.4) is 0 Å². The van der Waals surface area contributed by atoms with Gasteiger partial charge in [0.2, 0.25) is 11.6 Å². The molecule has 25 heavy (non-hydrogen) atoms. The summed E-state index contributed by atoms with van der Waals surface area (Å²) in [5.41, 5.74) is 9.80. The Balaban J connectivity index is 1.85. The molecule has 2 aromatic heterocycles. The van der Waals surface area contributed by atoms with Crippen molar-refractivity contribution in [2.24, 2.45) is 5.10 Å². The van der Waals surface area contributed by atoms with Crippen LogP contribution in [0.25, 0.3) is 5.82 Å². The predicted octanol–water partition coefficient (Wildman–Crippen LogP) is 0.401. The Labute approximate surface area is 141 Å². The van der Waals surface area contributed by atoms with E-state index in [1.54, 1.807) is 26.0 Å². The Kier molecular flexibility index (Phi) is 4.12. The van der Waals surface area contributed by atoms with Crippen LogP contribution in [-0.4, -0.2) is 42.0 Å². The van der Waals surface area contributed by atoms with Crippen LogP contribution in [0.15, 0.2) is 34.0 Å². The molecule has 0 radical (unpaired) electrons. The highest BCUT2D eigenvalue weighted by Gasteiger charge is 2.22. The summed E-state index contributed by atoms with van der Waals surface area (Å²) >= 11 is 0. The Morgan fingerprint density at radius 1 is 1.32 bits per heavy atom. The van der Waals surface area contributed by atoms with Crippen molar-refractivity contribution in [3.8, 4) is 11.6 Å². The molecule has 128 valence electrons. The minimum absolute atomic E-state index is 0.0253. The van der Waals surface area contributed by atoms with Crippen LogP contribution in [0.5, 0.6) is 5.75 Å². The number of aryl methyl sites for hydroxylation is 1. The molecule has 0 aliphatic rings. The van der Waals surface area contributed by atoms with Gasteiger partial charge in [-0.2, -0.15) is 9.78 Å². The number of benzene rings is 1. The van der Waals surface area contributed by atoms with Gasteiger partial charge >= 0.3 is 0 Å². The Morgan fingerprint density at radius 3 is 2.68 bits per heavy atom. The number of anilines is 1. The third-order valence-corrected chi connectivity index (χ3v) is 3.36. The maximum absolute atomic E-state index is 12.5. The number of aromatic nitrogens is 5. The number of nitrogens with zero attached hydrogens (tertiary/aromatic N) is 6. The number of nitrogens with one attached hydrogen (secondary N) is 1. The molecule has 0 spiro atoms. The van der Waals surface area contributed by atoms with Crippen molar-refractivity contribution in [2.45, 2.75) is 13.8 Å². The summed E-state index contributed by atoms with van der Waals surface area (Å²) in [6, 6.07) is 6.41. The van der Waals surface area contributed by atoms with Crippen molar-refractivity contribution in [1.29, 1.82) is 0 Å². The lowest BCUT2D eigenvalue weighted by molar-refractivity contribution is 0.0946. The lowest BCUT2D eigenvalue weighted by Gasteiger charge is -2.05. The summed E-state index contributed by atoms with van der Waals surface area (Å²) in [5, 5.41) is 28.1. The number of hydrogen-bond donors (Lipinski definition) is 3. The second-order valence-electron chi connectivity index (χ2n) is 5.09. The largest absolute Gasteiger partial charge is 0.508 e. The molecule has 11 nitrogen and oxygen atoms in total. The second kappa shape index (κ2) is 6.39. The average molecular weight is 342 g/mol. The molecule has 0 saturated carbocycles. The molecule has 3 aromatic rings. The summed E-state index contributed by atoms with van der Waals surface area (Å²) in [6.07, 6.45) is 0. The number of aromatic hydroxyl groups is 1. The van der Waals surface area contributed by atoms with Gasteiger partial charge in [0.05, 0.1) is 11.4 Å². The number of carbonyl (C=O) groups excluding carboxylic acids is 1. The van der Waals surface area contributed by atoms with Gasteiger partial charge in [0, 0.05) is 0 Å². The summed E-state index contributed by atoms with van der Waals surface area (Å²) < 4.78 is 5.64. The van der Waals surface area contributed by atoms with E-state index in [2.05, 4.69) is 35.8 Å². The van der Waals surface area contributed by atoms with Crippen molar-refractivity contribution < 1.29 is 14.5 Å². The molecule has 0 fully saturated rings. The average Bonchev–Trinajstić information content (AvgIpc) is 3.18. The molecule has 4 N–H and O–H groups in total. The lowest BCUT2D eigenvalue weighted by Crippen LogP contribution is -2.23. The van der Waals surface area contributed by atoms with Crippen molar-refractivity contribution >= 4 is 17.4 Å². The van der Waals surface area contributed by atoms with E-state index in [-0.39, 0.29) is 23.1 Å². The number of hydrazone groups is 1. The van der Waals surface area contributed by atoms with E-state index in [0.717, 1.165) is 10.2 Å². The van der Waals surface area contributed by atoms with Gasteiger partial charge in [0.15, 0.2) is 5.69 Å². The van der Waals surface area contributed by atoms with Gasteiger partial charge in [-0.25, -0.2) is 10.1 Å². The summed E-state index contributed by atoms with van der Waals surface area (Å²) in [7, 11) is 0. The fourth-order valence-electron chi connectivity index (χ4n) is 2.06. The number of rotatable bonds is 4. The number of amides is 1. The van der Waals surface area contributed by atoms with E-state index in [1.807, 2.05) is 0 Å². The fourth-order valence-corrected chi connectivity index (χ4v) is 2.06. The molecule has 0 bridgehead atoms. The monoisotopic (exact) mass is 342 g/mol. The van der Waals surface area contributed by atoms with Gasteiger partial charge in [-0.05, 0) is 54.0 Å². The number of phenols is 1. The first-order valence-corrected chi connectivity index (χ1v) is 7.12. The number of nitrogens with two attached hydrogens (primary N) is 1. The summed E-state index contributed by atoms with van der Waals surface area (Å²) in [6.45, 7) is 3.33. The zero-order chi connectivity index (χ0) is 18.0. The van der Waals surface area contributed by atoms with Crippen LogP contribution in [0, 0.1) is 6.92 Å². The molecule has 1 amide bonds. The Morgan fingerprint density at radius 2 is 2.04 bits per heavy atom. The van der Waals surface area contributed by atoms with Gasteiger partial charge < -0.3 is 10.8 Å². The molecular weight excluding hydrogens is 328 g/mol. The highest BCUT2D eigenvalue weighted by atomic mass is 16.6. The lowest BCUT2D eigenvalue weighted by atomic mass is 10.1. The van der Waals surface area contributed by atoms with Crippen LogP contribution in [0.4, 0.5) is 5.82 Å². The van der Waals surface area contributed by atoms with E-state index < -0.39 is 5.91 Å². The molecule has 0 atom stereocenters. The molecule has 0 unspecified atom stereocenters. The van der Waals surface area contributed by atoms with E-state index in [4.69, 9.17) is 5.73 Å². The van der Waals surface area contributed by atoms with E-state index in [1.165, 1.54) is 12.1 Å². The predicted molar refractivity (Wildman–Crippen MR) is 86.1 cm³/mol. The Hall–Kier alpha value is -3.76. The molecule has 0 saturated heterocycles. The van der Waals surface area contributed by atoms with Crippen LogP contribution in [-0.2, 0) is 0 Å². The Bertz CT molecular complexity index is 941. The maximum Gasteiger partial charge on any atom is 0.292 e. The third-order valence-electron chi connectivity index (χ3n) is 3.36. The molecule has 11 heteroatoms. The van der Waals surface area contributed by atoms with Gasteiger partial charge in [0.25, 0.3) is 5.91 Å². The number of phenolic OH excluding ortho intramolecular Hbond substituents is 1. The van der Waals surface area contributed by atoms with Gasteiger partial charge in [-0.15, -0.1) is 5.10 Å². The van der Waals surface area contributed by atoms with E-state index in [0.29, 0.717) is 11.4 Å². The standard InChI is InChI=1S/C14H14N8O3/c1-7(9-3-5-10(23)6-4-9)16-18-14(24)11-8(2)17-21-22(11)13-12(15)19-25-20-13/h3-6,23H,1-2H3,(H2,15,19)(H,18,24). The smallest absolute Gasteiger partial charge is 0.292 e. The molecule has 3 rings (SSSR count).